The molecule has 0 spiro atoms. The zero-order chi connectivity index (χ0) is 22.2. The Kier molecular flexibility index (Phi) is 5.45. The predicted molar refractivity (Wildman–Crippen MR) is 125 cm³/mol. The lowest BCUT2D eigenvalue weighted by atomic mass is 9.85. The lowest BCUT2D eigenvalue weighted by molar-refractivity contribution is -0.140. The second-order valence-corrected chi connectivity index (χ2v) is 9.58. The molecule has 0 radical (unpaired) electrons. The van der Waals surface area contributed by atoms with Gasteiger partial charge in [-0.1, -0.05) is 44.5 Å². The summed E-state index contributed by atoms with van der Waals surface area (Å²) in [6.07, 6.45) is 4.61. The smallest absolute Gasteiger partial charge is 0.247 e. The first-order valence-corrected chi connectivity index (χ1v) is 11.6. The second-order valence-electron chi connectivity index (χ2n) is 9.58. The van der Waals surface area contributed by atoms with Crippen molar-refractivity contribution in [3.05, 3.63) is 59.4 Å². The molecule has 2 amide bonds. The zero-order valence-corrected chi connectivity index (χ0v) is 18.7. The number of hydrogen-bond acceptors (Lipinski definition) is 3. The number of carbonyl (C=O) groups excluding carboxylic acids is 2. The van der Waals surface area contributed by atoms with E-state index in [1.54, 1.807) is 4.90 Å². The highest BCUT2D eigenvalue weighted by molar-refractivity contribution is 5.99. The third-order valence-electron chi connectivity index (χ3n) is 6.71. The number of nitrogens with one attached hydrogen (secondary N) is 2. The van der Waals surface area contributed by atoms with E-state index in [1.165, 1.54) is 19.3 Å². The highest BCUT2D eigenvalue weighted by Crippen LogP contribution is 2.35. The van der Waals surface area contributed by atoms with E-state index in [-0.39, 0.29) is 17.7 Å². The number of hydrogen-bond donors (Lipinski definition) is 2. The Balaban J connectivity index is 1.38. The first kappa shape index (κ1) is 20.7. The van der Waals surface area contributed by atoms with Gasteiger partial charge in [-0.25, -0.2) is 4.98 Å². The highest BCUT2D eigenvalue weighted by Gasteiger charge is 2.34. The van der Waals surface area contributed by atoms with Crippen LogP contribution in [0.2, 0.25) is 0 Å². The van der Waals surface area contributed by atoms with Crippen molar-refractivity contribution in [3.63, 3.8) is 0 Å². The maximum absolute atomic E-state index is 13.4. The second kappa shape index (κ2) is 8.41. The molecule has 32 heavy (non-hydrogen) atoms. The maximum Gasteiger partial charge on any atom is 0.247 e. The molecule has 1 aliphatic carbocycles. The number of fused-ring (bicyclic) bond motifs is 2. The van der Waals surface area contributed by atoms with Crippen molar-refractivity contribution >= 4 is 28.5 Å². The SMILES string of the molecule is CC(C)CC(=O)N1Cc2ccccc2CC1C(=O)Nc1ccc2nc(C3CCC3)[nH]c2c1. The number of H-pyrrole nitrogens is 1. The first-order chi connectivity index (χ1) is 15.5. The van der Waals surface area contributed by atoms with Crippen LogP contribution in [0.25, 0.3) is 11.0 Å². The minimum absolute atomic E-state index is 0.0313. The molecule has 1 fully saturated rings. The zero-order valence-electron chi connectivity index (χ0n) is 18.7. The van der Waals surface area contributed by atoms with Crippen LogP contribution in [0.1, 0.15) is 62.4 Å². The van der Waals surface area contributed by atoms with Crippen molar-refractivity contribution in [2.45, 2.75) is 64.5 Å². The van der Waals surface area contributed by atoms with E-state index < -0.39 is 6.04 Å². The summed E-state index contributed by atoms with van der Waals surface area (Å²) in [6, 6.07) is 13.3. The van der Waals surface area contributed by atoms with Crippen molar-refractivity contribution in [2.24, 2.45) is 5.92 Å². The summed E-state index contributed by atoms with van der Waals surface area (Å²) in [5.41, 5.74) is 4.84. The van der Waals surface area contributed by atoms with Gasteiger partial charge in [0.25, 0.3) is 0 Å². The quantitative estimate of drug-likeness (QED) is 0.612. The van der Waals surface area contributed by atoms with E-state index in [4.69, 9.17) is 4.98 Å². The van der Waals surface area contributed by atoms with Crippen molar-refractivity contribution in [3.8, 4) is 0 Å². The van der Waals surface area contributed by atoms with E-state index >= 15 is 0 Å². The van der Waals surface area contributed by atoms with Gasteiger partial charge in [0.2, 0.25) is 11.8 Å². The number of carbonyl (C=O) groups is 2. The fourth-order valence-electron chi connectivity index (χ4n) is 4.69. The van der Waals surface area contributed by atoms with Crippen molar-refractivity contribution < 1.29 is 9.59 Å². The Labute approximate surface area is 188 Å². The number of nitrogens with zero attached hydrogens (tertiary/aromatic N) is 2. The van der Waals surface area contributed by atoms with Crippen LogP contribution >= 0.6 is 0 Å². The molecule has 1 atom stereocenters. The van der Waals surface area contributed by atoms with Crippen LogP contribution in [-0.4, -0.2) is 32.7 Å². The molecule has 2 N–H and O–H groups in total. The number of amides is 2. The van der Waals surface area contributed by atoms with Crippen LogP contribution in [-0.2, 0) is 22.6 Å². The molecule has 0 bridgehead atoms. The van der Waals surface area contributed by atoms with Gasteiger partial charge in [-0.2, -0.15) is 0 Å². The van der Waals surface area contributed by atoms with Gasteiger partial charge in [0.05, 0.1) is 11.0 Å². The summed E-state index contributed by atoms with van der Waals surface area (Å²) >= 11 is 0. The average Bonchev–Trinajstić information content (AvgIpc) is 3.13. The van der Waals surface area contributed by atoms with Gasteiger partial charge >= 0.3 is 0 Å². The van der Waals surface area contributed by atoms with Gasteiger partial charge in [0, 0.05) is 31.0 Å². The fraction of sp³-hybridized carbons (Fsp3) is 0.423. The molecule has 2 aliphatic rings. The molecular formula is C26H30N4O2. The highest BCUT2D eigenvalue weighted by atomic mass is 16.2. The lowest BCUT2D eigenvalue weighted by Crippen LogP contribution is -2.50. The molecule has 1 aromatic heterocycles. The Bertz CT molecular complexity index is 1160. The Hall–Kier alpha value is -3.15. The lowest BCUT2D eigenvalue weighted by Gasteiger charge is -2.36. The topological polar surface area (TPSA) is 78.1 Å². The molecule has 6 heteroatoms. The Morgan fingerprint density at radius 3 is 2.66 bits per heavy atom. The van der Waals surface area contributed by atoms with Crippen LogP contribution in [0, 0.1) is 5.92 Å². The first-order valence-electron chi connectivity index (χ1n) is 11.6. The third-order valence-corrected chi connectivity index (χ3v) is 6.71. The summed E-state index contributed by atoms with van der Waals surface area (Å²) in [7, 11) is 0. The fourth-order valence-corrected chi connectivity index (χ4v) is 4.69. The molecule has 3 aromatic rings. The third kappa shape index (κ3) is 4.01. The molecule has 6 nitrogen and oxygen atoms in total. The minimum Gasteiger partial charge on any atom is -0.342 e. The normalized spacial score (nSPS) is 18.5. The van der Waals surface area contributed by atoms with E-state index in [0.29, 0.717) is 25.3 Å². The molecular weight excluding hydrogens is 400 g/mol. The summed E-state index contributed by atoms with van der Waals surface area (Å²) < 4.78 is 0. The predicted octanol–water partition coefficient (Wildman–Crippen LogP) is 4.77. The molecule has 5 rings (SSSR count). The summed E-state index contributed by atoms with van der Waals surface area (Å²) in [4.78, 5) is 36.2. The van der Waals surface area contributed by atoms with E-state index in [1.807, 2.05) is 50.2 Å². The standard InChI is InChI=1S/C26H30N4O2/c1-16(2)12-24(31)30-15-19-7-4-3-6-18(19)13-23(30)26(32)27-20-10-11-21-22(14-20)29-25(28-21)17-8-5-9-17/h3-4,6-7,10-11,14,16-17,23H,5,8-9,12-13,15H2,1-2H3,(H,27,32)(H,28,29). The molecule has 1 unspecified atom stereocenters. The van der Waals surface area contributed by atoms with Crippen molar-refractivity contribution in [1.29, 1.82) is 0 Å². The van der Waals surface area contributed by atoms with Crippen LogP contribution < -0.4 is 5.32 Å². The minimum atomic E-state index is -0.515. The number of anilines is 1. The number of benzene rings is 2. The number of aromatic nitrogens is 2. The molecule has 2 heterocycles. The molecule has 0 saturated heterocycles. The molecule has 166 valence electrons. The van der Waals surface area contributed by atoms with Gasteiger partial charge in [0.15, 0.2) is 0 Å². The number of imidazole rings is 1. The van der Waals surface area contributed by atoms with E-state index in [9.17, 15) is 9.59 Å². The van der Waals surface area contributed by atoms with Crippen molar-refractivity contribution in [1.82, 2.24) is 14.9 Å². The van der Waals surface area contributed by atoms with E-state index in [2.05, 4.69) is 16.4 Å². The maximum atomic E-state index is 13.4. The summed E-state index contributed by atoms with van der Waals surface area (Å²) in [5, 5.41) is 3.06. The summed E-state index contributed by atoms with van der Waals surface area (Å²) in [6.45, 7) is 4.54. The van der Waals surface area contributed by atoms with Gasteiger partial charge in [-0.05, 0) is 48.1 Å². The van der Waals surface area contributed by atoms with Crippen LogP contribution in [0.5, 0.6) is 0 Å². The van der Waals surface area contributed by atoms with Crippen LogP contribution in [0.3, 0.4) is 0 Å². The van der Waals surface area contributed by atoms with Crippen molar-refractivity contribution in [2.75, 3.05) is 5.32 Å². The Morgan fingerprint density at radius 2 is 1.94 bits per heavy atom. The largest absolute Gasteiger partial charge is 0.342 e. The van der Waals surface area contributed by atoms with Gasteiger partial charge in [-0.15, -0.1) is 0 Å². The average molecular weight is 431 g/mol. The monoisotopic (exact) mass is 430 g/mol. The van der Waals surface area contributed by atoms with Crippen LogP contribution in [0.4, 0.5) is 5.69 Å². The van der Waals surface area contributed by atoms with Gasteiger partial charge in [-0.3, -0.25) is 9.59 Å². The Morgan fingerprint density at radius 1 is 1.16 bits per heavy atom. The summed E-state index contributed by atoms with van der Waals surface area (Å²) in [5.74, 6) is 1.71. The molecule has 1 aliphatic heterocycles. The number of aromatic amines is 1. The van der Waals surface area contributed by atoms with Crippen LogP contribution in [0.15, 0.2) is 42.5 Å². The molecule has 2 aromatic carbocycles. The number of rotatable bonds is 5. The van der Waals surface area contributed by atoms with Gasteiger partial charge in [0.1, 0.15) is 11.9 Å². The van der Waals surface area contributed by atoms with E-state index in [0.717, 1.165) is 33.7 Å². The van der Waals surface area contributed by atoms with Gasteiger partial charge < -0.3 is 15.2 Å². The molecule has 1 saturated carbocycles.